The van der Waals surface area contributed by atoms with Gasteiger partial charge in [-0.2, -0.15) is 0 Å². The van der Waals surface area contributed by atoms with Gasteiger partial charge in [0.1, 0.15) is 5.52 Å². The molecule has 0 atom stereocenters. The molecule has 0 radical (unpaired) electrons. The summed E-state index contributed by atoms with van der Waals surface area (Å²) >= 11 is 0. The molecule has 4 heteroatoms. The van der Waals surface area contributed by atoms with Crippen molar-refractivity contribution < 1.29 is 0 Å². The van der Waals surface area contributed by atoms with Crippen LogP contribution in [0.25, 0.3) is 44.8 Å². The lowest BCUT2D eigenvalue weighted by molar-refractivity contribution is 0.974. The quantitative estimate of drug-likeness (QED) is 0.456. The smallest absolute Gasteiger partial charge is 0.215 e. The number of para-hydroxylation sites is 2. The Balaban J connectivity index is 2.02. The van der Waals surface area contributed by atoms with Gasteiger partial charge in [0.2, 0.25) is 5.78 Å². The molecule has 4 nitrogen and oxygen atoms in total. The lowest BCUT2D eigenvalue weighted by Crippen LogP contribution is -1.87. The zero-order valence-electron chi connectivity index (χ0n) is 14.0. The Bertz CT molecular complexity index is 1370. The zero-order valence-corrected chi connectivity index (χ0v) is 14.0. The molecule has 120 valence electrons. The first kappa shape index (κ1) is 13.9. The molecule has 0 aliphatic rings. The lowest BCUT2D eigenvalue weighted by atomic mass is 10.1. The average molecular weight is 324 g/mol. The minimum atomic E-state index is 0.939. The fraction of sp³-hybridized carbons (Fsp3) is 0.0952. The van der Waals surface area contributed by atoms with Crippen molar-refractivity contribution in [3.8, 4) is 12.3 Å². The van der Waals surface area contributed by atoms with E-state index in [9.17, 15) is 0 Å². The maximum atomic E-state index is 5.41. The molecule has 25 heavy (non-hydrogen) atoms. The molecule has 0 saturated carbocycles. The van der Waals surface area contributed by atoms with Crippen molar-refractivity contribution >= 4 is 44.8 Å². The number of nitrogens with zero attached hydrogens (tertiary/aromatic N) is 3. The molecular weight excluding hydrogens is 308 g/mol. The molecule has 0 bridgehead atoms. The van der Waals surface area contributed by atoms with Gasteiger partial charge >= 0.3 is 0 Å². The van der Waals surface area contributed by atoms with E-state index in [1.54, 1.807) is 6.08 Å². The summed E-state index contributed by atoms with van der Waals surface area (Å²) in [6.45, 7) is 2.06. The second kappa shape index (κ2) is 4.78. The lowest BCUT2D eigenvalue weighted by Gasteiger charge is -1.98. The summed E-state index contributed by atoms with van der Waals surface area (Å²) in [5, 5.41) is 1.12. The van der Waals surface area contributed by atoms with E-state index in [2.05, 4.69) is 70.2 Å². The van der Waals surface area contributed by atoms with Crippen molar-refractivity contribution in [2.75, 3.05) is 0 Å². The molecule has 0 aliphatic heterocycles. The Morgan fingerprint density at radius 3 is 2.72 bits per heavy atom. The number of imidazole rings is 2. The number of benzene rings is 2. The fourth-order valence-electron chi connectivity index (χ4n) is 3.81. The van der Waals surface area contributed by atoms with E-state index in [4.69, 9.17) is 11.4 Å². The van der Waals surface area contributed by atoms with Crippen LogP contribution < -0.4 is 0 Å². The van der Waals surface area contributed by atoms with Crippen molar-refractivity contribution in [3.05, 3.63) is 53.7 Å². The number of fused-ring (bicyclic) bond motifs is 7. The SMILES string of the molecule is C#C/C=C\c1c(C)[nH]c2ccc3c(nc4n(C)c5ccccc5n34)c12. The summed E-state index contributed by atoms with van der Waals surface area (Å²) < 4.78 is 4.36. The van der Waals surface area contributed by atoms with Gasteiger partial charge in [0.15, 0.2) is 0 Å². The van der Waals surface area contributed by atoms with Crippen LogP contribution in [0.15, 0.2) is 42.5 Å². The highest BCUT2D eigenvalue weighted by atomic mass is 15.2. The van der Waals surface area contributed by atoms with Gasteiger partial charge in [0.05, 0.1) is 16.6 Å². The number of aryl methyl sites for hydroxylation is 2. The van der Waals surface area contributed by atoms with E-state index < -0.39 is 0 Å². The standard InChI is InChI=1S/C21H16N4/c1-4-5-8-14-13(2)22-15-11-12-18-20(19(14)15)23-21-24(3)16-9-6-7-10-17(16)25(18)21/h1,5-12,22H,2-3H3/b8-5-. The molecule has 5 aromatic rings. The third-order valence-corrected chi connectivity index (χ3v) is 4.94. The van der Waals surface area contributed by atoms with Gasteiger partial charge in [-0.15, -0.1) is 6.42 Å². The van der Waals surface area contributed by atoms with Crippen LogP contribution in [0.2, 0.25) is 0 Å². The highest BCUT2D eigenvalue weighted by Gasteiger charge is 2.18. The number of aromatic amines is 1. The molecule has 3 aromatic heterocycles. The summed E-state index contributed by atoms with van der Waals surface area (Å²) in [6, 6.07) is 12.6. The minimum Gasteiger partial charge on any atom is -0.358 e. The molecule has 0 amide bonds. The summed E-state index contributed by atoms with van der Waals surface area (Å²) in [5.74, 6) is 3.52. The van der Waals surface area contributed by atoms with E-state index in [0.717, 1.165) is 44.5 Å². The number of H-pyrrole nitrogens is 1. The molecule has 0 fully saturated rings. The van der Waals surface area contributed by atoms with Crippen LogP contribution in [-0.2, 0) is 7.05 Å². The molecule has 2 aromatic carbocycles. The Hall–Kier alpha value is -3.45. The summed E-state index contributed by atoms with van der Waals surface area (Å²) in [4.78, 5) is 8.42. The second-order valence-corrected chi connectivity index (χ2v) is 6.31. The number of hydrogen-bond donors (Lipinski definition) is 1. The number of rotatable bonds is 1. The van der Waals surface area contributed by atoms with Gasteiger partial charge in [-0.3, -0.25) is 4.40 Å². The van der Waals surface area contributed by atoms with Crippen molar-refractivity contribution in [2.45, 2.75) is 6.92 Å². The normalized spacial score (nSPS) is 12.2. The van der Waals surface area contributed by atoms with Crippen LogP contribution >= 0.6 is 0 Å². The monoisotopic (exact) mass is 324 g/mol. The zero-order chi connectivity index (χ0) is 17.1. The van der Waals surface area contributed by atoms with Crippen LogP contribution in [0.5, 0.6) is 0 Å². The van der Waals surface area contributed by atoms with E-state index in [0.29, 0.717) is 0 Å². The topological polar surface area (TPSA) is 38.0 Å². The van der Waals surface area contributed by atoms with Crippen molar-refractivity contribution in [1.82, 2.24) is 18.9 Å². The van der Waals surface area contributed by atoms with Crippen LogP contribution in [0.4, 0.5) is 0 Å². The molecule has 0 unspecified atom stereocenters. The van der Waals surface area contributed by atoms with E-state index in [-0.39, 0.29) is 0 Å². The number of hydrogen-bond acceptors (Lipinski definition) is 1. The Morgan fingerprint density at radius 1 is 1.12 bits per heavy atom. The summed E-state index contributed by atoms with van der Waals surface area (Å²) in [7, 11) is 2.06. The van der Waals surface area contributed by atoms with Gasteiger partial charge in [-0.1, -0.05) is 18.1 Å². The van der Waals surface area contributed by atoms with Crippen LogP contribution in [0.1, 0.15) is 11.3 Å². The highest BCUT2D eigenvalue weighted by molar-refractivity contribution is 6.10. The van der Waals surface area contributed by atoms with Crippen molar-refractivity contribution in [3.63, 3.8) is 0 Å². The van der Waals surface area contributed by atoms with Gasteiger partial charge < -0.3 is 9.55 Å². The van der Waals surface area contributed by atoms with E-state index >= 15 is 0 Å². The van der Waals surface area contributed by atoms with Crippen molar-refractivity contribution in [2.24, 2.45) is 7.05 Å². The van der Waals surface area contributed by atoms with Crippen LogP contribution in [0, 0.1) is 19.3 Å². The molecule has 0 aliphatic carbocycles. The number of nitrogens with one attached hydrogen (secondary N) is 1. The maximum absolute atomic E-state index is 5.41. The third-order valence-electron chi connectivity index (χ3n) is 4.94. The number of allylic oxidation sites excluding steroid dienone is 1. The van der Waals surface area contributed by atoms with Gasteiger partial charge in [0.25, 0.3) is 0 Å². The predicted molar refractivity (Wildman–Crippen MR) is 104 cm³/mol. The van der Waals surface area contributed by atoms with E-state index in [1.807, 2.05) is 6.08 Å². The Labute approximate surface area is 144 Å². The minimum absolute atomic E-state index is 0.939. The summed E-state index contributed by atoms with van der Waals surface area (Å²) in [5.41, 5.74) is 7.71. The second-order valence-electron chi connectivity index (χ2n) is 6.31. The molecular formula is C21H16N4. The highest BCUT2D eigenvalue weighted by Crippen LogP contribution is 2.33. The third kappa shape index (κ3) is 1.70. The van der Waals surface area contributed by atoms with Gasteiger partial charge in [0, 0.05) is 29.2 Å². The van der Waals surface area contributed by atoms with Gasteiger partial charge in [-0.05, 0) is 43.3 Å². The first-order valence-corrected chi connectivity index (χ1v) is 8.20. The molecule has 1 N–H and O–H groups in total. The summed E-state index contributed by atoms with van der Waals surface area (Å²) in [6.07, 6.45) is 9.13. The molecule has 0 saturated heterocycles. The number of terminal acetylenes is 1. The first-order valence-electron chi connectivity index (χ1n) is 8.20. The van der Waals surface area contributed by atoms with E-state index in [1.165, 1.54) is 5.52 Å². The molecule has 5 rings (SSSR count). The maximum Gasteiger partial charge on any atom is 0.215 e. The van der Waals surface area contributed by atoms with Crippen LogP contribution in [0.3, 0.4) is 0 Å². The molecule has 0 spiro atoms. The fourth-order valence-corrected chi connectivity index (χ4v) is 3.81. The predicted octanol–water partition coefficient (Wildman–Crippen LogP) is 4.42. The largest absolute Gasteiger partial charge is 0.358 e. The average Bonchev–Trinajstić information content (AvgIpc) is 3.24. The molecule has 3 heterocycles. The Morgan fingerprint density at radius 2 is 1.92 bits per heavy atom. The first-order chi connectivity index (χ1) is 12.2. The van der Waals surface area contributed by atoms with Crippen LogP contribution in [-0.4, -0.2) is 18.9 Å². The van der Waals surface area contributed by atoms with Crippen molar-refractivity contribution in [1.29, 1.82) is 0 Å². The number of aromatic nitrogens is 4. The Kier molecular flexibility index (Phi) is 2.66. The van der Waals surface area contributed by atoms with Gasteiger partial charge in [-0.25, -0.2) is 4.98 Å².